The predicted octanol–water partition coefficient (Wildman–Crippen LogP) is 2.09. The van der Waals surface area contributed by atoms with Crippen LogP contribution in [-0.4, -0.2) is 9.97 Å². The van der Waals surface area contributed by atoms with E-state index in [1.165, 1.54) is 0 Å². The largest absolute Gasteiger partial charge is 0.359 e. The third kappa shape index (κ3) is 0.936. The van der Waals surface area contributed by atoms with Crippen molar-refractivity contribution in [1.82, 2.24) is 9.97 Å². The fourth-order valence-electron chi connectivity index (χ4n) is 1.11. The van der Waals surface area contributed by atoms with Crippen LogP contribution in [0.5, 0.6) is 0 Å². The van der Waals surface area contributed by atoms with E-state index in [9.17, 15) is 0 Å². The van der Waals surface area contributed by atoms with Gasteiger partial charge in [-0.3, -0.25) is 0 Å². The minimum absolute atomic E-state index is 0.336. The maximum atomic E-state index is 8.69. The average molecular weight is 178 g/mol. The second-order valence-electron chi connectivity index (χ2n) is 2.35. The number of hydrogen-bond acceptors (Lipinski definition) is 2. The van der Waals surface area contributed by atoms with Gasteiger partial charge in [0.05, 0.1) is 5.52 Å². The normalized spacial score (nSPS) is 10.0. The van der Waals surface area contributed by atoms with Crippen LogP contribution in [0.4, 0.5) is 0 Å². The standard InChI is InChI=1S/C8H4ClN3/c9-7-3-5-1-2-11-8(5)6(4-10)12-7/h1-3,11H. The van der Waals surface area contributed by atoms with Gasteiger partial charge in [-0.05, 0) is 12.1 Å². The Morgan fingerprint density at radius 1 is 1.58 bits per heavy atom. The molecular weight excluding hydrogens is 174 g/mol. The first-order valence-electron chi connectivity index (χ1n) is 3.35. The van der Waals surface area contributed by atoms with Crippen molar-refractivity contribution in [2.75, 3.05) is 0 Å². The highest BCUT2D eigenvalue weighted by atomic mass is 35.5. The summed E-state index contributed by atoms with van der Waals surface area (Å²) in [6, 6.07) is 5.54. The van der Waals surface area contributed by atoms with Crippen LogP contribution in [0.2, 0.25) is 5.15 Å². The molecule has 0 saturated carbocycles. The van der Waals surface area contributed by atoms with Gasteiger partial charge in [0.2, 0.25) is 0 Å². The molecule has 0 bridgehead atoms. The van der Waals surface area contributed by atoms with Gasteiger partial charge < -0.3 is 4.98 Å². The lowest BCUT2D eigenvalue weighted by Crippen LogP contribution is -1.84. The summed E-state index contributed by atoms with van der Waals surface area (Å²) in [6.45, 7) is 0. The number of H-pyrrole nitrogens is 1. The first-order valence-corrected chi connectivity index (χ1v) is 3.73. The molecule has 0 unspecified atom stereocenters. The van der Waals surface area contributed by atoms with Gasteiger partial charge in [-0.2, -0.15) is 5.26 Å². The minimum Gasteiger partial charge on any atom is -0.359 e. The van der Waals surface area contributed by atoms with E-state index in [0.717, 1.165) is 10.9 Å². The van der Waals surface area contributed by atoms with Crippen LogP contribution < -0.4 is 0 Å². The smallest absolute Gasteiger partial charge is 0.166 e. The summed E-state index contributed by atoms with van der Waals surface area (Å²) >= 11 is 5.68. The van der Waals surface area contributed by atoms with Gasteiger partial charge in [-0.15, -0.1) is 0 Å². The molecule has 0 aliphatic heterocycles. The van der Waals surface area contributed by atoms with Gasteiger partial charge >= 0.3 is 0 Å². The third-order valence-corrected chi connectivity index (χ3v) is 1.81. The second-order valence-corrected chi connectivity index (χ2v) is 2.73. The molecule has 0 saturated heterocycles. The zero-order valence-electron chi connectivity index (χ0n) is 6.00. The van der Waals surface area contributed by atoms with Crippen molar-refractivity contribution in [3.63, 3.8) is 0 Å². The molecule has 1 N–H and O–H groups in total. The van der Waals surface area contributed by atoms with Crippen molar-refractivity contribution in [3.8, 4) is 6.07 Å². The van der Waals surface area contributed by atoms with E-state index in [-0.39, 0.29) is 0 Å². The van der Waals surface area contributed by atoms with E-state index in [1.54, 1.807) is 12.3 Å². The molecule has 3 nitrogen and oxygen atoms in total. The van der Waals surface area contributed by atoms with Crippen LogP contribution in [0.25, 0.3) is 10.9 Å². The molecule has 0 atom stereocenters. The first-order chi connectivity index (χ1) is 5.81. The van der Waals surface area contributed by atoms with Gasteiger partial charge in [0.25, 0.3) is 0 Å². The van der Waals surface area contributed by atoms with E-state index in [0.29, 0.717) is 10.8 Å². The van der Waals surface area contributed by atoms with Gasteiger partial charge in [0.1, 0.15) is 11.2 Å². The van der Waals surface area contributed by atoms with Crippen molar-refractivity contribution in [2.45, 2.75) is 0 Å². The van der Waals surface area contributed by atoms with Crippen LogP contribution in [0.1, 0.15) is 5.69 Å². The van der Waals surface area contributed by atoms with E-state index < -0.39 is 0 Å². The van der Waals surface area contributed by atoms with Crippen molar-refractivity contribution in [2.24, 2.45) is 0 Å². The minimum atomic E-state index is 0.336. The number of nitriles is 1. The molecule has 0 aromatic carbocycles. The lowest BCUT2D eigenvalue weighted by atomic mass is 10.3. The lowest BCUT2D eigenvalue weighted by Gasteiger charge is -1.93. The number of nitrogens with zero attached hydrogens (tertiary/aromatic N) is 2. The van der Waals surface area contributed by atoms with Crippen LogP contribution in [0.3, 0.4) is 0 Å². The highest BCUT2D eigenvalue weighted by Crippen LogP contribution is 2.18. The summed E-state index contributed by atoms with van der Waals surface area (Å²) in [5.74, 6) is 0. The van der Waals surface area contributed by atoms with E-state index in [2.05, 4.69) is 9.97 Å². The van der Waals surface area contributed by atoms with Crippen molar-refractivity contribution in [1.29, 1.82) is 5.26 Å². The third-order valence-electron chi connectivity index (χ3n) is 1.62. The maximum absolute atomic E-state index is 8.69. The fourth-order valence-corrected chi connectivity index (χ4v) is 1.31. The van der Waals surface area contributed by atoms with E-state index >= 15 is 0 Å². The van der Waals surface area contributed by atoms with Crippen LogP contribution in [-0.2, 0) is 0 Å². The van der Waals surface area contributed by atoms with E-state index in [4.69, 9.17) is 16.9 Å². The Hall–Kier alpha value is -1.53. The summed E-state index contributed by atoms with van der Waals surface area (Å²) in [5, 5.41) is 9.94. The van der Waals surface area contributed by atoms with Crippen molar-refractivity contribution >= 4 is 22.5 Å². The summed E-state index contributed by atoms with van der Waals surface area (Å²) in [6.07, 6.45) is 1.75. The van der Waals surface area contributed by atoms with Gasteiger partial charge in [-0.25, -0.2) is 4.98 Å². The van der Waals surface area contributed by atoms with Gasteiger partial charge in [-0.1, -0.05) is 11.6 Å². The number of rotatable bonds is 0. The highest BCUT2D eigenvalue weighted by molar-refractivity contribution is 6.30. The molecule has 0 radical (unpaired) electrons. The van der Waals surface area contributed by atoms with Crippen LogP contribution in [0.15, 0.2) is 18.3 Å². The monoisotopic (exact) mass is 177 g/mol. The number of aromatic amines is 1. The summed E-state index contributed by atoms with van der Waals surface area (Å²) in [5.41, 5.74) is 1.07. The van der Waals surface area contributed by atoms with E-state index in [1.807, 2.05) is 12.1 Å². The van der Waals surface area contributed by atoms with Crippen molar-refractivity contribution in [3.05, 3.63) is 29.2 Å². The molecule has 2 rings (SSSR count). The number of halogens is 1. The Bertz CT molecular complexity index is 467. The topological polar surface area (TPSA) is 52.5 Å². The summed E-state index contributed by atoms with van der Waals surface area (Å²) < 4.78 is 0. The Balaban J connectivity index is 2.91. The molecule has 0 amide bonds. The Morgan fingerprint density at radius 3 is 3.17 bits per heavy atom. The quantitative estimate of drug-likeness (QED) is 0.627. The molecule has 58 valence electrons. The highest BCUT2D eigenvalue weighted by Gasteiger charge is 2.03. The van der Waals surface area contributed by atoms with Gasteiger partial charge in [0.15, 0.2) is 5.69 Å². The molecule has 0 aliphatic rings. The molecule has 4 heteroatoms. The number of pyridine rings is 1. The fraction of sp³-hybridized carbons (Fsp3) is 0. The Labute approximate surface area is 73.6 Å². The SMILES string of the molecule is N#Cc1nc(Cl)cc2cc[nH]c12. The first kappa shape index (κ1) is 7.14. The predicted molar refractivity (Wildman–Crippen MR) is 45.8 cm³/mol. The molecule has 0 spiro atoms. The van der Waals surface area contributed by atoms with Crippen LogP contribution in [0, 0.1) is 11.3 Å². The molecular formula is C8H4ClN3. The summed E-state index contributed by atoms with van der Waals surface area (Å²) in [7, 11) is 0. The molecule has 2 heterocycles. The number of nitrogens with one attached hydrogen (secondary N) is 1. The number of aromatic nitrogens is 2. The number of fused-ring (bicyclic) bond motifs is 1. The van der Waals surface area contributed by atoms with Crippen LogP contribution >= 0.6 is 11.6 Å². The summed E-state index contributed by atoms with van der Waals surface area (Å²) in [4.78, 5) is 6.79. The molecule has 12 heavy (non-hydrogen) atoms. The molecule has 0 fully saturated rings. The van der Waals surface area contributed by atoms with Crippen molar-refractivity contribution < 1.29 is 0 Å². The van der Waals surface area contributed by atoms with Gasteiger partial charge in [0, 0.05) is 11.6 Å². The molecule has 2 aromatic heterocycles. The Morgan fingerprint density at radius 2 is 2.42 bits per heavy atom. The zero-order chi connectivity index (χ0) is 8.55. The lowest BCUT2D eigenvalue weighted by molar-refractivity contribution is 1.28. The molecule has 2 aromatic rings. The second kappa shape index (κ2) is 2.50. The molecule has 0 aliphatic carbocycles. The average Bonchev–Trinajstić information content (AvgIpc) is 2.50. The zero-order valence-corrected chi connectivity index (χ0v) is 6.76. The number of hydrogen-bond donors (Lipinski definition) is 1. The Kier molecular flexibility index (Phi) is 1.49. The maximum Gasteiger partial charge on any atom is 0.166 e.